The van der Waals surface area contributed by atoms with Gasteiger partial charge in [-0.1, -0.05) is 41.6 Å². The van der Waals surface area contributed by atoms with E-state index in [-0.39, 0.29) is 5.91 Å². The quantitative estimate of drug-likeness (QED) is 0.655. The van der Waals surface area contributed by atoms with E-state index < -0.39 is 0 Å². The van der Waals surface area contributed by atoms with Crippen molar-refractivity contribution in [1.29, 1.82) is 0 Å². The zero-order valence-corrected chi connectivity index (χ0v) is 15.1. The van der Waals surface area contributed by atoms with Crippen molar-refractivity contribution >= 4 is 16.7 Å². The summed E-state index contributed by atoms with van der Waals surface area (Å²) < 4.78 is 7.65. The summed E-state index contributed by atoms with van der Waals surface area (Å²) in [5.74, 6) is 0.593. The molecule has 1 amide bonds. The first-order chi connectivity index (χ1) is 13.3. The molecule has 3 aromatic rings. The van der Waals surface area contributed by atoms with Crippen LogP contribution < -0.4 is 15.4 Å². The first-order valence-corrected chi connectivity index (χ1v) is 9.32. The largest absolute Gasteiger partial charge is 0.491 e. The second-order valence-corrected chi connectivity index (χ2v) is 6.65. The number of ether oxygens (including phenoxy) is 1. The van der Waals surface area contributed by atoms with Crippen LogP contribution in [0.15, 0.2) is 48.7 Å². The van der Waals surface area contributed by atoms with Crippen LogP contribution in [-0.4, -0.2) is 47.1 Å². The monoisotopic (exact) mass is 365 g/mol. The fraction of sp³-hybridized carbons (Fsp3) is 0.350. The van der Waals surface area contributed by atoms with Gasteiger partial charge in [-0.05, 0) is 37.4 Å². The predicted molar refractivity (Wildman–Crippen MR) is 103 cm³/mol. The fourth-order valence-corrected chi connectivity index (χ4v) is 3.37. The molecule has 7 nitrogen and oxygen atoms in total. The lowest BCUT2D eigenvalue weighted by Gasteiger charge is -2.22. The molecule has 1 saturated heterocycles. The van der Waals surface area contributed by atoms with Crippen molar-refractivity contribution in [3.63, 3.8) is 0 Å². The standard InChI is InChI=1S/C20H23N5O2/c26-20(18-14-25(24-23-18)16-8-10-21-11-9-16)22-12-13-27-19-7-3-5-15-4-1-2-6-17(15)19/h1-7,14,16,21H,8-13H2,(H,22,26). The van der Waals surface area contributed by atoms with Crippen molar-refractivity contribution in [3.05, 3.63) is 54.4 Å². The first kappa shape index (κ1) is 17.5. The molecule has 2 N–H and O–H groups in total. The Morgan fingerprint density at radius 3 is 2.89 bits per heavy atom. The number of rotatable bonds is 6. The van der Waals surface area contributed by atoms with Gasteiger partial charge in [0.2, 0.25) is 0 Å². The van der Waals surface area contributed by atoms with E-state index in [1.807, 2.05) is 35.0 Å². The molecule has 2 heterocycles. The van der Waals surface area contributed by atoms with E-state index in [1.165, 1.54) is 0 Å². The average molecular weight is 365 g/mol. The Morgan fingerprint density at radius 2 is 2.00 bits per heavy atom. The van der Waals surface area contributed by atoms with Crippen LogP contribution in [0.5, 0.6) is 5.75 Å². The van der Waals surface area contributed by atoms with E-state index in [4.69, 9.17) is 4.74 Å². The molecule has 0 spiro atoms. The minimum atomic E-state index is -0.225. The summed E-state index contributed by atoms with van der Waals surface area (Å²) in [5, 5.41) is 16.5. The smallest absolute Gasteiger partial charge is 0.273 e. The zero-order chi connectivity index (χ0) is 18.5. The van der Waals surface area contributed by atoms with Gasteiger partial charge in [-0.2, -0.15) is 0 Å². The Hall–Kier alpha value is -2.93. The number of fused-ring (bicyclic) bond motifs is 1. The van der Waals surface area contributed by atoms with E-state index >= 15 is 0 Å². The van der Waals surface area contributed by atoms with Crippen LogP contribution in [0.1, 0.15) is 29.4 Å². The van der Waals surface area contributed by atoms with Crippen molar-refractivity contribution in [2.75, 3.05) is 26.2 Å². The average Bonchev–Trinajstić information content (AvgIpc) is 3.22. The molecule has 1 aliphatic rings. The molecule has 1 fully saturated rings. The molecule has 0 radical (unpaired) electrons. The van der Waals surface area contributed by atoms with Gasteiger partial charge in [-0.15, -0.1) is 5.10 Å². The normalized spacial score (nSPS) is 15.0. The summed E-state index contributed by atoms with van der Waals surface area (Å²) >= 11 is 0. The van der Waals surface area contributed by atoms with E-state index in [0.717, 1.165) is 42.5 Å². The van der Waals surface area contributed by atoms with Crippen LogP contribution in [0.25, 0.3) is 10.8 Å². The number of hydrogen-bond acceptors (Lipinski definition) is 5. The van der Waals surface area contributed by atoms with Crippen molar-refractivity contribution in [3.8, 4) is 5.75 Å². The highest BCUT2D eigenvalue weighted by atomic mass is 16.5. The van der Waals surface area contributed by atoms with Crippen LogP contribution in [0.2, 0.25) is 0 Å². The Morgan fingerprint density at radius 1 is 1.19 bits per heavy atom. The van der Waals surface area contributed by atoms with Gasteiger partial charge in [-0.3, -0.25) is 4.79 Å². The van der Waals surface area contributed by atoms with Gasteiger partial charge < -0.3 is 15.4 Å². The number of benzene rings is 2. The first-order valence-electron chi connectivity index (χ1n) is 9.32. The van der Waals surface area contributed by atoms with Crippen LogP contribution in [-0.2, 0) is 0 Å². The van der Waals surface area contributed by atoms with Gasteiger partial charge in [0.1, 0.15) is 12.4 Å². The number of carbonyl (C=O) groups is 1. The maximum absolute atomic E-state index is 12.3. The Labute approximate surface area is 157 Å². The summed E-state index contributed by atoms with van der Waals surface area (Å²) in [7, 11) is 0. The van der Waals surface area contributed by atoms with Crippen molar-refractivity contribution in [2.45, 2.75) is 18.9 Å². The lowest BCUT2D eigenvalue weighted by molar-refractivity contribution is 0.0942. The lowest BCUT2D eigenvalue weighted by Crippen LogP contribution is -2.30. The number of carbonyl (C=O) groups excluding carboxylic acids is 1. The minimum absolute atomic E-state index is 0.225. The van der Waals surface area contributed by atoms with E-state index in [9.17, 15) is 4.79 Å². The maximum Gasteiger partial charge on any atom is 0.273 e. The van der Waals surface area contributed by atoms with Crippen LogP contribution in [0.3, 0.4) is 0 Å². The highest BCUT2D eigenvalue weighted by Crippen LogP contribution is 2.24. The Bertz CT molecular complexity index is 912. The molecule has 2 aromatic carbocycles. The van der Waals surface area contributed by atoms with Crippen molar-refractivity contribution < 1.29 is 9.53 Å². The molecule has 27 heavy (non-hydrogen) atoms. The lowest BCUT2D eigenvalue weighted by atomic mass is 10.1. The summed E-state index contributed by atoms with van der Waals surface area (Å²) in [4.78, 5) is 12.3. The Kier molecular flexibility index (Phi) is 5.29. The van der Waals surface area contributed by atoms with Crippen LogP contribution in [0.4, 0.5) is 0 Å². The Balaban J connectivity index is 1.29. The highest BCUT2D eigenvalue weighted by Gasteiger charge is 2.18. The third kappa shape index (κ3) is 4.09. The summed E-state index contributed by atoms with van der Waals surface area (Å²) in [6.45, 7) is 2.74. The van der Waals surface area contributed by atoms with Crippen molar-refractivity contribution in [2.24, 2.45) is 0 Å². The van der Waals surface area contributed by atoms with Gasteiger partial charge >= 0.3 is 0 Å². The molecule has 0 aliphatic carbocycles. The topological polar surface area (TPSA) is 81.1 Å². The van der Waals surface area contributed by atoms with E-state index in [0.29, 0.717) is 24.9 Å². The maximum atomic E-state index is 12.3. The van der Waals surface area contributed by atoms with Gasteiger partial charge in [0.25, 0.3) is 5.91 Å². The van der Waals surface area contributed by atoms with Gasteiger partial charge in [-0.25, -0.2) is 4.68 Å². The van der Waals surface area contributed by atoms with Gasteiger partial charge in [0, 0.05) is 5.39 Å². The summed E-state index contributed by atoms with van der Waals surface area (Å²) in [6, 6.07) is 14.3. The minimum Gasteiger partial charge on any atom is -0.491 e. The van der Waals surface area contributed by atoms with E-state index in [2.05, 4.69) is 33.1 Å². The van der Waals surface area contributed by atoms with Gasteiger partial charge in [0.15, 0.2) is 5.69 Å². The molecule has 140 valence electrons. The van der Waals surface area contributed by atoms with Gasteiger partial charge in [0.05, 0.1) is 18.8 Å². The van der Waals surface area contributed by atoms with Crippen molar-refractivity contribution in [1.82, 2.24) is 25.6 Å². The highest BCUT2D eigenvalue weighted by molar-refractivity contribution is 5.91. The number of aromatic nitrogens is 3. The summed E-state index contributed by atoms with van der Waals surface area (Å²) in [6.07, 6.45) is 3.74. The molecule has 7 heteroatoms. The molecule has 0 unspecified atom stereocenters. The third-order valence-electron chi connectivity index (χ3n) is 4.82. The molecule has 4 rings (SSSR count). The third-order valence-corrected chi connectivity index (χ3v) is 4.82. The fourth-order valence-electron chi connectivity index (χ4n) is 3.37. The molecule has 1 aromatic heterocycles. The summed E-state index contributed by atoms with van der Waals surface area (Å²) in [5.41, 5.74) is 0.346. The number of nitrogens with one attached hydrogen (secondary N) is 2. The number of nitrogens with zero attached hydrogens (tertiary/aromatic N) is 3. The molecule has 0 saturated carbocycles. The number of amides is 1. The second kappa shape index (κ2) is 8.18. The van der Waals surface area contributed by atoms with E-state index in [1.54, 1.807) is 6.20 Å². The number of piperidine rings is 1. The predicted octanol–water partition coefficient (Wildman–Crippen LogP) is 2.16. The molecule has 0 bridgehead atoms. The van der Waals surface area contributed by atoms with Crippen LogP contribution >= 0.6 is 0 Å². The SMILES string of the molecule is O=C(NCCOc1cccc2ccccc12)c1cn(C2CCNCC2)nn1. The molecule has 1 aliphatic heterocycles. The number of hydrogen-bond donors (Lipinski definition) is 2. The van der Waals surface area contributed by atoms with Crippen LogP contribution in [0, 0.1) is 0 Å². The molecule has 0 atom stereocenters. The second-order valence-electron chi connectivity index (χ2n) is 6.65. The zero-order valence-electron chi connectivity index (χ0n) is 15.1. The molecular weight excluding hydrogens is 342 g/mol. The molecular formula is C20H23N5O2.